The molecule has 5 rings (SSSR count). The molecular weight excluding hydrogens is 408 g/mol. The van der Waals surface area contributed by atoms with Gasteiger partial charge in [-0.1, -0.05) is 6.07 Å². The molecule has 162 valence electrons. The van der Waals surface area contributed by atoms with E-state index in [-0.39, 0.29) is 28.4 Å². The van der Waals surface area contributed by atoms with Gasteiger partial charge in [-0.15, -0.1) is 0 Å². The summed E-state index contributed by atoms with van der Waals surface area (Å²) in [5.41, 5.74) is 0.616. The Morgan fingerprint density at radius 3 is 2.74 bits per heavy atom. The highest BCUT2D eigenvalue weighted by Gasteiger charge is 2.55. The molecule has 3 aromatic heterocycles. The normalized spacial score (nSPS) is 24.8. The lowest BCUT2D eigenvalue weighted by Crippen LogP contribution is -2.26. The molecule has 1 aliphatic heterocycles. The van der Waals surface area contributed by atoms with Crippen LogP contribution in [0.25, 0.3) is 5.65 Å². The van der Waals surface area contributed by atoms with Gasteiger partial charge in [0.15, 0.2) is 5.82 Å². The first kappa shape index (κ1) is 19.8. The number of ether oxygens (including phenoxy) is 2. The first-order valence-electron chi connectivity index (χ1n) is 9.96. The molecule has 2 aliphatic rings. The molecule has 1 saturated carbocycles. The number of carbonyl (C=O) groups excluding carboxylic acids is 1. The maximum Gasteiger partial charge on any atom is 0.280 e. The third-order valence-corrected chi connectivity index (χ3v) is 6.15. The zero-order chi connectivity index (χ0) is 21.8. The van der Waals surface area contributed by atoms with E-state index in [4.69, 9.17) is 14.5 Å². The minimum absolute atomic E-state index is 0.100. The van der Waals surface area contributed by atoms with E-state index in [1.54, 1.807) is 10.6 Å². The lowest BCUT2D eigenvalue weighted by atomic mass is 9.84. The number of nitrogens with one attached hydrogen (secondary N) is 1. The zero-order valence-corrected chi connectivity index (χ0v) is 17.1. The quantitative estimate of drug-likeness (QED) is 0.667. The van der Waals surface area contributed by atoms with E-state index in [0.717, 1.165) is 25.0 Å². The van der Waals surface area contributed by atoms with Gasteiger partial charge in [0.25, 0.3) is 18.2 Å². The fourth-order valence-corrected chi connectivity index (χ4v) is 4.55. The van der Waals surface area contributed by atoms with Gasteiger partial charge in [-0.3, -0.25) is 9.20 Å². The average molecular weight is 429 g/mol. The molecule has 2 unspecified atom stereocenters. The van der Waals surface area contributed by atoms with Crippen LogP contribution in [0.3, 0.4) is 0 Å². The van der Waals surface area contributed by atoms with Crippen LogP contribution in [-0.2, 0) is 10.2 Å². The maximum absolute atomic E-state index is 12.9. The van der Waals surface area contributed by atoms with Crippen molar-refractivity contribution in [2.75, 3.05) is 19.0 Å². The minimum atomic E-state index is -2.76. The third-order valence-electron chi connectivity index (χ3n) is 6.15. The fraction of sp³-hybridized carbons (Fsp3) is 0.429. The zero-order valence-electron chi connectivity index (χ0n) is 17.1. The van der Waals surface area contributed by atoms with Crippen molar-refractivity contribution >= 4 is 17.4 Å². The molecule has 1 saturated heterocycles. The molecular formula is C21H21F2N5O3. The van der Waals surface area contributed by atoms with Crippen molar-refractivity contribution in [3.63, 3.8) is 0 Å². The predicted molar refractivity (Wildman–Crippen MR) is 107 cm³/mol. The number of amides is 1. The number of methoxy groups -OCH3 is 1. The number of hydrogen-bond acceptors (Lipinski definition) is 6. The van der Waals surface area contributed by atoms with Crippen molar-refractivity contribution in [1.82, 2.24) is 19.4 Å². The van der Waals surface area contributed by atoms with E-state index in [2.05, 4.69) is 22.2 Å². The van der Waals surface area contributed by atoms with Crippen molar-refractivity contribution in [3.8, 4) is 5.88 Å². The van der Waals surface area contributed by atoms with Gasteiger partial charge in [-0.05, 0) is 38.3 Å². The van der Waals surface area contributed by atoms with Gasteiger partial charge in [-0.2, -0.15) is 4.98 Å². The summed E-state index contributed by atoms with van der Waals surface area (Å²) < 4.78 is 38.9. The SMILES string of the molecule is COc1nc(NC(=O)c2cccc(C(F)F)n2)cn2cc(C34CCC(C)(C3)OC4)nc12. The predicted octanol–water partition coefficient (Wildman–Crippen LogP) is 3.53. The summed E-state index contributed by atoms with van der Waals surface area (Å²) in [7, 11) is 1.47. The van der Waals surface area contributed by atoms with Crippen LogP contribution in [0.15, 0.2) is 30.6 Å². The molecule has 2 atom stereocenters. The summed E-state index contributed by atoms with van der Waals surface area (Å²) >= 11 is 0. The number of pyridine rings is 1. The number of alkyl halides is 2. The van der Waals surface area contributed by atoms with E-state index in [1.165, 1.54) is 25.3 Å². The second kappa shape index (κ2) is 6.94. The Bertz CT molecular complexity index is 1170. The Balaban J connectivity index is 1.46. The summed E-state index contributed by atoms with van der Waals surface area (Å²) in [5.74, 6) is -0.209. The molecule has 8 nitrogen and oxygen atoms in total. The van der Waals surface area contributed by atoms with Gasteiger partial charge in [0.05, 0.1) is 31.2 Å². The molecule has 1 N–H and O–H groups in total. The van der Waals surface area contributed by atoms with Crippen LogP contribution in [-0.4, -0.2) is 44.6 Å². The lowest BCUT2D eigenvalue weighted by Gasteiger charge is -2.24. The van der Waals surface area contributed by atoms with Crippen LogP contribution in [0.4, 0.5) is 14.6 Å². The molecule has 2 bridgehead atoms. The molecule has 1 amide bonds. The Hall–Kier alpha value is -3.14. The number of halogens is 2. The largest absolute Gasteiger partial charge is 0.478 e. The standard InChI is InChI=1S/C21H21F2N5O3/c1-20-6-7-21(10-20,11-31-20)14-8-28-9-15(27-19(30-2)17(28)25-14)26-18(29)13-5-3-4-12(24-13)16(22)23/h3-5,8-9,16H,6-7,10-11H2,1-2H3,(H,26,29). The van der Waals surface area contributed by atoms with E-state index >= 15 is 0 Å². The third kappa shape index (κ3) is 3.31. The van der Waals surface area contributed by atoms with Gasteiger partial charge in [0.1, 0.15) is 11.4 Å². The van der Waals surface area contributed by atoms with Crippen LogP contribution in [0.5, 0.6) is 5.88 Å². The number of rotatable bonds is 5. The number of nitrogens with zero attached hydrogens (tertiary/aromatic N) is 4. The number of imidazole rings is 1. The lowest BCUT2D eigenvalue weighted by molar-refractivity contribution is -0.00627. The van der Waals surface area contributed by atoms with Crippen molar-refractivity contribution in [1.29, 1.82) is 0 Å². The monoisotopic (exact) mass is 429 g/mol. The Labute approximate surface area is 176 Å². The van der Waals surface area contributed by atoms with E-state index in [9.17, 15) is 13.6 Å². The molecule has 0 spiro atoms. The fourth-order valence-electron chi connectivity index (χ4n) is 4.55. The molecule has 0 radical (unpaired) electrons. The number of fused-ring (bicyclic) bond motifs is 3. The highest BCUT2D eigenvalue weighted by Crippen LogP contribution is 2.53. The van der Waals surface area contributed by atoms with E-state index in [0.29, 0.717) is 12.3 Å². The molecule has 2 fully saturated rings. The first-order chi connectivity index (χ1) is 14.8. The van der Waals surface area contributed by atoms with Gasteiger partial charge in [-0.25, -0.2) is 18.7 Å². The topological polar surface area (TPSA) is 90.6 Å². The smallest absolute Gasteiger partial charge is 0.280 e. The van der Waals surface area contributed by atoms with Crippen molar-refractivity contribution in [3.05, 3.63) is 47.7 Å². The summed E-state index contributed by atoms with van der Waals surface area (Å²) in [6, 6.07) is 3.89. The number of aromatic nitrogens is 4. The van der Waals surface area contributed by atoms with E-state index < -0.39 is 18.0 Å². The summed E-state index contributed by atoms with van der Waals surface area (Å²) in [4.78, 5) is 25.3. The molecule has 4 heterocycles. The van der Waals surface area contributed by atoms with Crippen molar-refractivity contribution in [2.45, 2.75) is 43.6 Å². The van der Waals surface area contributed by atoms with Crippen LogP contribution in [0.1, 0.15) is 54.5 Å². The highest BCUT2D eigenvalue weighted by molar-refractivity contribution is 6.02. The summed E-state index contributed by atoms with van der Waals surface area (Å²) in [6.07, 6.45) is 3.66. The van der Waals surface area contributed by atoms with Crippen LogP contribution in [0, 0.1) is 0 Å². The highest BCUT2D eigenvalue weighted by atomic mass is 19.3. The minimum Gasteiger partial charge on any atom is -0.478 e. The average Bonchev–Trinajstić information content (AvgIpc) is 3.44. The molecule has 3 aromatic rings. The van der Waals surface area contributed by atoms with Crippen LogP contribution >= 0.6 is 0 Å². The maximum atomic E-state index is 12.9. The van der Waals surface area contributed by atoms with E-state index in [1.807, 2.05) is 6.20 Å². The van der Waals surface area contributed by atoms with Crippen molar-refractivity contribution < 1.29 is 23.0 Å². The molecule has 0 aromatic carbocycles. The second-order valence-electron chi connectivity index (χ2n) is 8.39. The number of carbonyl (C=O) groups is 1. The second-order valence-corrected chi connectivity index (χ2v) is 8.39. The Kier molecular flexibility index (Phi) is 4.44. The van der Waals surface area contributed by atoms with Crippen molar-refractivity contribution in [2.24, 2.45) is 0 Å². The summed E-state index contributed by atoms with van der Waals surface area (Å²) in [6.45, 7) is 2.75. The van der Waals surface area contributed by atoms with Gasteiger partial charge >= 0.3 is 0 Å². The molecule has 31 heavy (non-hydrogen) atoms. The Morgan fingerprint density at radius 1 is 1.26 bits per heavy atom. The molecule has 1 aliphatic carbocycles. The van der Waals surface area contributed by atoms with Gasteiger partial charge in [0, 0.05) is 11.6 Å². The van der Waals surface area contributed by atoms with Crippen LogP contribution < -0.4 is 10.1 Å². The van der Waals surface area contributed by atoms with Gasteiger partial charge in [0.2, 0.25) is 5.65 Å². The molecule has 10 heteroatoms. The number of hydrogen-bond donors (Lipinski definition) is 1. The van der Waals surface area contributed by atoms with Crippen LogP contribution in [0.2, 0.25) is 0 Å². The first-order valence-corrected chi connectivity index (χ1v) is 9.96. The van der Waals surface area contributed by atoms with Gasteiger partial charge < -0.3 is 14.8 Å². The Morgan fingerprint density at radius 2 is 2.10 bits per heavy atom. The summed E-state index contributed by atoms with van der Waals surface area (Å²) in [5, 5.41) is 2.60. The number of anilines is 1.